The minimum atomic E-state index is -3.56. The van der Waals surface area contributed by atoms with Crippen LogP contribution in [0.25, 0.3) is 0 Å². The molecule has 15 heavy (non-hydrogen) atoms. The molecule has 0 saturated carbocycles. The lowest BCUT2D eigenvalue weighted by atomic mass is 10.2. The molecule has 0 aliphatic rings. The number of halogens is 1. The first kappa shape index (κ1) is 12.0. The molecule has 6 heteroatoms. The molecule has 0 spiro atoms. The maximum Gasteiger partial charge on any atom is 0.246 e. The van der Waals surface area contributed by atoms with Crippen LogP contribution in [-0.4, -0.2) is 14.2 Å². The zero-order valence-electron chi connectivity index (χ0n) is 7.99. The number of nitriles is 1. The van der Waals surface area contributed by atoms with E-state index in [-0.39, 0.29) is 0 Å². The summed E-state index contributed by atoms with van der Waals surface area (Å²) >= 11 is 3.29. The summed E-state index contributed by atoms with van der Waals surface area (Å²) in [5, 5.41) is 8.33. The second-order valence-corrected chi connectivity index (χ2v) is 5.51. The van der Waals surface area contributed by atoms with Crippen LogP contribution in [-0.2, 0) is 10.0 Å². The summed E-state index contributed by atoms with van der Waals surface area (Å²) in [4.78, 5) is 0. The van der Waals surface area contributed by atoms with Gasteiger partial charge in [0, 0.05) is 4.47 Å². The van der Waals surface area contributed by atoms with E-state index in [9.17, 15) is 8.42 Å². The highest BCUT2D eigenvalue weighted by Crippen LogP contribution is 2.24. The summed E-state index contributed by atoms with van der Waals surface area (Å²) < 4.78 is 25.8. The van der Waals surface area contributed by atoms with Crippen molar-refractivity contribution in [2.24, 2.45) is 0 Å². The molecule has 0 aromatic heterocycles. The number of nitrogens with one attached hydrogen (secondary N) is 1. The predicted molar refractivity (Wildman–Crippen MR) is 61.9 cm³/mol. The Balaban J connectivity index is 3.02. The number of nitrogens with zero attached hydrogens (tertiary/aromatic N) is 1. The van der Waals surface area contributed by atoms with Crippen molar-refractivity contribution < 1.29 is 8.42 Å². The fraction of sp³-hybridized carbons (Fsp3) is 0.222. The Morgan fingerprint density at radius 2 is 2.20 bits per heavy atom. The fourth-order valence-corrected chi connectivity index (χ4v) is 2.17. The van der Waals surface area contributed by atoms with Crippen LogP contribution in [0.15, 0.2) is 22.7 Å². The predicted octanol–water partition coefficient (Wildman–Crippen LogP) is 2.02. The molecule has 0 bridgehead atoms. The van der Waals surface area contributed by atoms with Gasteiger partial charge < -0.3 is 0 Å². The van der Waals surface area contributed by atoms with Crippen molar-refractivity contribution in [2.45, 2.75) is 6.92 Å². The van der Waals surface area contributed by atoms with E-state index in [1.54, 1.807) is 25.1 Å². The van der Waals surface area contributed by atoms with Gasteiger partial charge in [0.1, 0.15) is 0 Å². The summed E-state index contributed by atoms with van der Waals surface area (Å²) in [7, 11) is -3.56. The minimum Gasteiger partial charge on any atom is -0.282 e. The summed E-state index contributed by atoms with van der Waals surface area (Å²) in [6.45, 7) is 1.79. The second kappa shape index (κ2) is 4.64. The lowest BCUT2D eigenvalue weighted by molar-refractivity contribution is 0.604. The average molecular weight is 289 g/mol. The Labute approximate surface area is 97.1 Å². The van der Waals surface area contributed by atoms with Gasteiger partial charge in [0.25, 0.3) is 0 Å². The highest BCUT2D eigenvalue weighted by Gasteiger charge is 2.11. The van der Waals surface area contributed by atoms with E-state index >= 15 is 0 Å². The third-order valence-electron chi connectivity index (χ3n) is 1.79. The molecular formula is C9H9BrN2O2S. The summed E-state index contributed by atoms with van der Waals surface area (Å²) in [6, 6.07) is 6.79. The molecule has 1 aromatic carbocycles. The maximum atomic E-state index is 11.3. The first-order valence-corrected chi connectivity index (χ1v) is 6.53. The quantitative estimate of drug-likeness (QED) is 0.925. The molecule has 0 fully saturated rings. The van der Waals surface area contributed by atoms with E-state index in [1.807, 2.05) is 6.07 Å². The monoisotopic (exact) mass is 288 g/mol. The number of sulfonamides is 1. The molecule has 0 amide bonds. The highest BCUT2D eigenvalue weighted by atomic mass is 79.9. The van der Waals surface area contributed by atoms with Crippen molar-refractivity contribution >= 4 is 31.6 Å². The van der Waals surface area contributed by atoms with Crippen molar-refractivity contribution in [1.82, 2.24) is 0 Å². The SMILES string of the molecule is Cc1c(Br)cccc1NS(=O)(=O)CC#N. The Bertz CT molecular complexity index is 505. The van der Waals surface area contributed by atoms with E-state index in [4.69, 9.17) is 5.26 Å². The molecule has 0 heterocycles. The average Bonchev–Trinajstić information content (AvgIpc) is 2.12. The van der Waals surface area contributed by atoms with Crippen LogP contribution in [0, 0.1) is 18.3 Å². The molecule has 0 atom stereocenters. The largest absolute Gasteiger partial charge is 0.282 e. The van der Waals surface area contributed by atoms with Crippen molar-refractivity contribution in [3.05, 3.63) is 28.2 Å². The van der Waals surface area contributed by atoms with Crippen LogP contribution >= 0.6 is 15.9 Å². The first-order chi connectivity index (χ1) is 6.96. The molecule has 0 unspecified atom stereocenters. The van der Waals surface area contributed by atoms with E-state index in [0.29, 0.717) is 5.69 Å². The van der Waals surface area contributed by atoms with E-state index in [0.717, 1.165) is 10.0 Å². The third kappa shape index (κ3) is 3.22. The van der Waals surface area contributed by atoms with Gasteiger partial charge >= 0.3 is 0 Å². The molecule has 80 valence electrons. The van der Waals surface area contributed by atoms with Crippen molar-refractivity contribution in [2.75, 3.05) is 10.5 Å². The smallest absolute Gasteiger partial charge is 0.246 e. The Morgan fingerprint density at radius 1 is 1.53 bits per heavy atom. The third-order valence-corrected chi connectivity index (χ3v) is 3.69. The van der Waals surface area contributed by atoms with Crippen LogP contribution in [0.4, 0.5) is 5.69 Å². The van der Waals surface area contributed by atoms with Gasteiger partial charge in [-0.05, 0) is 24.6 Å². The summed E-state index contributed by atoms with van der Waals surface area (Å²) in [5.41, 5.74) is 1.28. The fourth-order valence-electron chi connectivity index (χ4n) is 1.01. The number of hydrogen-bond acceptors (Lipinski definition) is 3. The zero-order chi connectivity index (χ0) is 11.5. The summed E-state index contributed by atoms with van der Waals surface area (Å²) in [5.74, 6) is -0.543. The van der Waals surface area contributed by atoms with Crippen LogP contribution < -0.4 is 4.72 Å². The van der Waals surface area contributed by atoms with E-state index < -0.39 is 15.8 Å². The Hall–Kier alpha value is -1.06. The molecule has 0 aliphatic heterocycles. The maximum absolute atomic E-state index is 11.3. The second-order valence-electron chi connectivity index (χ2n) is 2.93. The molecule has 1 rings (SSSR count). The first-order valence-electron chi connectivity index (χ1n) is 4.09. The van der Waals surface area contributed by atoms with Gasteiger partial charge in [-0.2, -0.15) is 5.26 Å². The molecule has 4 nitrogen and oxygen atoms in total. The Kier molecular flexibility index (Phi) is 3.72. The topological polar surface area (TPSA) is 70.0 Å². The molecule has 0 aliphatic carbocycles. The lowest BCUT2D eigenvalue weighted by Gasteiger charge is -2.09. The number of benzene rings is 1. The molecule has 1 N–H and O–H groups in total. The number of rotatable bonds is 3. The normalized spacial score (nSPS) is 10.7. The number of anilines is 1. The highest BCUT2D eigenvalue weighted by molar-refractivity contribution is 9.10. The standard InChI is InChI=1S/C9H9BrN2O2S/c1-7-8(10)3-2-4-9(7)12-15(13,14)6-5-11/h2-4,12H,6H2,1H3. The molecular weight excluding hydrogens is 280 g/mol. The van der Waals surface area contributed by atoms with Gasteiger partial charge in [0.05, 0.1) is 11.8 Å². The van der Waals surface area contributed by atoms with Crippen LogP contribution in [0.1, 0.15) is 5.56 Å². The van der Waals surface area contributed by atoms with Crippen LogP contribution in [0.2, 0.25) is 0 Å². The van der Waals surface area contributed by atoms with Crippen molar-refractivity contribution in [3.63, 3.8) is 0 Å². The molecule has 0 saturated heterocycles. The van der Waals surface area contributed by atoms with Crippen LogP contribution in [0.5, 0.6) is 0 Å². The van der Waals surface area contributed by atoms with Gasteiger partial charge in [0.15, 0.2) is 5.75 Å². The van der Waals surface area contributed by atoms with E-state index in [1.165, 1.54) is 0 Å². The van der Waals surface area contributed by atoms with Gasteiger partial charge in [-0.15, -0.1) is 0 Å². The zero-order valence-corrected chi connectivity index (χ0v) is 10.4. The van der Waals surface area contributed by atoms with Gasteiger partial charge in [-0.3, -0.25) is 4.72 Å². The van der Waals surface area contributed by atoms with Gasteiger partial charge in [0.2, 0.25) is 10.0 Å². The molecule has 0 radical (unpaired) electrons. The van der Waals surface area contributed by atoms with Gasteiger partial charge in [-0.1, -0.05) is 22.0 Å². The van der Waals surface area contributed by atoms with Gasteiger partial charge in [-0.25, -0.2) is 8.42 Å². The summed E-state index contributed by atoms with van der Waals surface area (Å²) in [6.07, 6.45) is 0. The van der Waals surface area contributed by atoms with Crippen molar-refractivity contribution in [3.8, 4) is 6.07 Å². The van der Waals surface area contributed by atoms with Crippen molar-refractivity contribution in [1.29, 1.82) is 5.26 Å². The lowest BCUT2D eigenvalue weighted by Crippen LogP contribution is -2.16. The van der Waals surface area contributed by atoms with E-state index in [2.05, 4.69) is 20.7 Å². The number of hydrogen-bond donors (Lipinski definition) is 1. The Morgan fingerprint density at radius 3 is 2.80 bits per heavy atom. The van der Waals surface area contributed by atoms with Crippen LogP contribution in [0.3, 0.4) is 0 Å². The minimum absolute atomic E-state index is 0.486. The molecule has 1 aromatic rings.